The van der Waals surface area contributed by atoms with Crippen molar-refractivity contribution in [2.24, 2.45) is 0 Å². The SMILES string of the molecule is Cc1ccc2c(NC(=S)NC(=O)C(c3ccccc3)c3ccccc3)cccc2n1. The fourth-order valence-corrected chi connectivity index (χ4v) is 3.70. The third-order valence-electron chi connectivity index (χ3n) is 4.88. The van der Waals surface area contributed by atoms with Crippen molar-refractivity contribution in [3.8, 4) is 0 Å². The number of carbonyl (C=O) groups excluding carboxylic acids is 1. The topological polar surface area (TPSA) is 54.0 Å². The summed E-state index contributed by atoms with van der Waals surface area (Å²) in [6, 6.07) is 29.1. The summed E-state index contributed by atoms with van der Waals surface area (Å²) < 4.78 is 0. The van der Waals surface area contributed by atoms with Crippen LogP contribution in [-0.2, 0) is 4.79 Å². The number of hydrogen-bond donors (Lipinski definition) is 2. The maximum absolute atomic E-state index is 13.2. The molecule has 5 heteroatoms. The molecule has 1 amide bonds. The highest BCUT2D eigenvalue weighted by atomic mass is 32.1. The zero-order valence-corrected chi connectivity index (χ0v) is 17.3. The summed E-state index contributed by atoms with van der Waals surface area (Å²) in [4.78, 5) is 17.7. The monoisotopic (exact) mass is 411 g/mol. The third-order valence-corrected chi connectivity index (χ3v) is 5.09. The molecule has 0 aliphatic heterocycles. The minimum Gasteiger partial charge on any atom is -0.332 e. The van der Waals surface area contributed by atoms with E-state index in [0.29, 0.717) is 0 Å². The van der Waals surface area contributed by atoms with Gasteiger partial charge in [-0.3, -0.25) is 9.78 Å². The highest BCUT2D eigenvalue weighted by molar-refractivity contribution is 7.80. The van der Waals surface area contributed by atoms with Crippen molar-refractivity contribution in [3.63, 3.8) is 0 Å². The summed E-state index contributed by atoms with van der Waals surface area (Å²) in [6.45, 7) is 1.96. The molecule has 0 aliphatic rings. The van der Waals surface area contributed by atoms with Crippen molar-refractivity contribution < 1.29 is 4.79 Å². The first-order valence-electron chi connectivity index (χ1n) is 9.70. The number of carbonyl (C=O) groups is 1. The third kappa shape index (κ3) is 4.36. The van der Waals surface area contributed by atoms with Crippen molar-refractivity contribution in [2.75, 3.05) is 5.32 Å². The molecule has 148 valence electrons. The molecule has 0 spiro atoms. The number of nitrogens with zero attached hydrogens (tertiary/aromatic N) is 1. The van der Waals surface area contributed by atoms with Crippen LogP contribution >= 0.6 is 12.2 Å². The van der Waals surface area contributed by atoms with Crippen molar-refractivity contribution in [2.45, 2.75) is 12.8 Å². The molecule has 0 aliphatic carbocycles. The summed E-state index contributed by atoms with van der Waals surface area (Å²) in [6.07, 6.45) is 0. The van der Waals surface area contributed by atoms with E-state index in [1.54, 1.807) is 0 Å². The van der Waals surface area contributed by atoms with Crippen molar-refractivity contribution >= 4 is 39.8 Å². The zero-order chi connectivity index (χ0) is 20.9. The van der Waals surface area contributed by atoms with Crippen LogP contribution in [0.3, 0.4) is 0 Å². The highest BCUT2D eigenvalue weighted by Crippen LogP contribution is 2.25. The van der Waals surface area contributed by atoms with Gasteiger partial charge < -0.3 is 10.6 Å². The number of anilines is 1. The van der Waals surface area contributed by atoms with Gasteiger partial charge >= 0.3 is 0 Å². The lowest BCUT2D eigenvalue weighted by molar-refractivity contribution is -0.120. The van der Waals surface area contributed by atoms with Gasteiger partial charge in [0.25, 0.3) is 0 Å². The standard InChI is InChI=1S/C25H21N3OS/c1-17-15-16-20-21(26-17)13-8-14-22(20)27-25(30)28-24(29)23(18-9-4-2-5-10-18)19-11-6-3-7-12-19/h2-16,23H,1H3,(H2,27,28,29,30). The predicted molar refractivity (Wildman–Crippen MR) is 126 cm³/mol. The van der Waals surface area contributed by atoms with E-state index >= 15 is 0 Å². The molecule has 4 aromatic rings. The summed E-state index contributed by atoms with van der Waals surface area (Å²) >= 11 is 5.46. The number of aryl methyl sites for hydroxylation is 1. The van der Waals surface area contributed by atoms with Crippen LogP contribution in [0, 0.1) is 6.92 Å². The molecule has 4 rings (SSSR count). The normalized spacial score (nSPS) is 10.7. The van der Waals surface area contributed by atoms with E-state index in [9.17, 15) is 4.79 Å². The molecule has 0 saturated carbocycles. The van der Waals surface area contributed by atoms with E-state index in [-0.39, 0.29) is 11.0 Å². The Morgan fingerprint density at radius 2 is 1.47 bits per heavy atom. The van der Waals surface area contributed by atoms with Gasteiger partial charge in [-0.05, 0) is 54.5 Å². The zero-order valence-electron chi connectivity index (χ0n) is 16.5. The van der Waals surface area contributed by atoms with E-state index < -0.39 is 5.92 Å². The van der Waals surface area contributed by atoms with Crippen LogP contribution in [0.25, 0.3) is 10.9 Å². The van der Waals surface area contributed by atoms with E-state index in [4.69, 9.17) is 12.2 Å². The molecule has 0 saturated heterocycles. The molecule has 4 nitrogen and oxygen atoms in total. The maximum atomic E-state index is 13.2. The Morgan fingerprint density at radius 3 is 2.10 bits per heavy atom. The van der Waals surface area contributed by atoms with Crippen LogP contribution in [0.5, 0.6) is 0 Å². The molecular formula is C25H21N3OS. The quantitative estimate of drug-likeness (QED) is 0.454. The van der Waals surface area contributed by atoms with Gasteiger partial charge in [-0.2, -0.15) is 0 Å². The van der Waals surface area contributed by atoms with Gasteiger partial charge in [-0.25, -0.2) is 0 Å². The Labute approximate surface area is 181 Å². The first-order valence-corrected chi connectivity index (χ1v) is 10.1. The predicted octanol–water partition coefficient (Wildman–Crippen LogP) is 5.19. The van der Waals surface area contributed by atoms with Gasteiger partial charge in [-0.15, -0.1) is 0 Å². The molecule has 0 unspecified atom stereocenters. The molecule has 1 heterocycles. The van der Waals surface area contributed by atoms with Crippen molar-refractivity contribution in [1.82, 2.24) is 10.3 Å². The van der Waals surface area contributed by atoms with Gasteiger partial charge in [0.2, 0.25) is 5.91 Å². The molecule has 0 radical (unpaired) electrons. The molecule has 0 bridgehead atoms. The summed E-state index contributed by atoms with van der Waals surface area (Å²) in [7, 11) is 0. The Bertz CT molecular complexity index is 1150. The summed E-state index contributed by atoms with van der Waals surface area (Å²) in [5, 5.41) is 7.22. The number of amides is 1. The van der Waals surface area contributed by atoms with Crippen molar-refractivity contribution in [1.29, 1.82) is 0 Å². The number of pyridine rings is 1. The second-order valence-corrected chi connectivity index (χ2v) is 7.43. The average Bonchev–Trinajstić information content (AvgIpc) is 2.75. The molecule has 1 aromatic heterocycles. The molecule has 30 heavy (non-hydrogen) atoms. The molecule has 3 aromatic carbocycles. The Hall–Kier alpha value is -3.57. The van der Waals surface area contributed by atoms with Crippen LogP contribution in [0.4, 0.5) is 5.69 Å². The fourth-order valence-electron chi connectivity index (χ4n) is 3.49. The van der Waals surface area contributed by atoms with Gasteiger partial charge in [-0.1, -0.05) is 66.7 Å². The van der Waals surface area contributed by atoms with Gasteiger partial charge in [0.05, 0.1) is 11.4 Å². The lowest BCUT2D eigenvalue weighted by Gasteiger charge is -2.19. The Kier molecular flexibility index (Phi) is 5.82. The Morgan fingerprint density at radius 1 is 0.833 bits per heavy atom. The van der Waals surface area contributed by atoms with Crippen LogP contribution in [-0.4, -0.2) is 16.0 Å². The minimum atomic E-state index is -0.455. The first kappa shape index (κ1) is 19.7. The first-order chi connectivity index (χ1) is 14.6. The number of aromatic nitrogens is 1. The molecule has 0 fully saturated rings. The fraction of sp³-hybridized carbons (Fsp3) is 0.0800. The minimum absolute atomic E-state index is 0.181. The Balaban J connectivity index is 1.57. The number of thiocarbonyl (C=S) groups is 1. The molecule has 2 N–H and O–H groups in total. The lowest BCUT2D eigenvalue weighted by atomic mass is 9.90. The molecule has 0 atom stereocenters. The van der Waals surface area contributed by atoms with Gasteiger partial charge in [0.1, 0.15) is 0 Å². The summed E-state index contributed by atoms with van der Waals surface area (Å²) in [5.41, 5.74) is 4.45. The van der Waals surface area contributed by atoms with Crippen molar-refractivity contribution in [3.05, 3.63) is 108 Å². The second-order valence-electron chi connectivity index (χ2n) is 7.02. The van der Waals surface area contributed by atoms with E-state index in [1.807, 2.05) is 97.9 Å². The number of rotatable bonds is 4. The van der Waals surface area contributed by atoms with Crippen LogP contribution in [0.15, 0.2) is 91.0 Å². The number of hydrogen-bond acceptors (Lipinski definition) is 3. The maximum Gasteiger partial charge on any atom is 0.238 e. The van der Waals surface area contributed by atoms with E-state index in [0.717, 1.165) is 33.4 Å². The smallest absolute Gasteiger partial charge is 0.238 e. The van der Waals surface area contributed by atoms with Gasteiger partial charge in [0, 0.05) is 16.8 Å². The number of benzene rings is 3. The number of fused-ring (bicyclic) bond motifs is 1. The van der Waals surface area contributed by atoms with E-state index in [1.165, 1.54) is 0 Å². The largest absolute Gasteiger partial charge is 0.332 e. The van der Waals surface area contributed by atoms with Gasteiger partial charge in [0.15, 0.2) is 5.11 Å². The summed E-state index contributed by atoms with van der Waals surface area (Å²) in [5.74, 6) is -0.636. The highest BCUT2D eigenvalue weighted by Gasteiger charge is 2.23. The molecular weight excluding hydrogens is 390 g/mol. The van der Waals surface area contributed by atoms with E-state index in [2.05, 4.69) is 15.6 Å². The van der Waals surface area contributed by atoms with Crippen LogP contribution < -0.4 is 10.6 Å². The average molecular weight is 412 g/mol. The number of nitrogens with one attached hydrogen (secondary N) is 2. The van der Waals surface area contributed by atoms with Crippen LogP contribution in [0.2, 0.25) is 0 Å². The second kappa shape index (κ2) is 8.84. The van der Waals surface area contributed by atoms with Crippen LogP contribution in [0.1, 0.15) is 22.7 Å². The lowest BCUT2D eigenvalue weighted by Crippen LogP contribution is -2.37.